The van der Waals surface area contributed by atoms with Gasteiger partial charge in [-0.05, 0) is 31.9 Å². The van der Waals surface area contributed by atoms with E-state index in [2.05, 4.69) is 19.0 Å². The zero-order valence-corrected chi connectivity index (χ0v) is 10.8. The molecule has 0 bridgehead atoms. The molecule has 1 aromatic rings. The predicted molar refractivity (Wildman–Crippen MR) is 68.6 cm³/mol. The SMILES string of the molecule is Cc1ccc(OC(C)C(C)C)c(/C(N)=N/O)c1. The summed E-state index contributed by atoms with van der Waals surface area (Å²) in [5.74, 6) is 1.11. The molecule has 0 saturated heterocycles. The van der Waals surface area contributed by atoms with E-state index >= 15 is 0 Å². The van der Waals surface area contributed by atoms with Crippen LogP contribution in [0.1, 0.15) is 31.9 Å². The fourth-order valence-corrected chi connectivity index (χ4v) is 1.34. The summed E-state index contributed by atoms with van der Waals surface area (Å²) in [5.41, 5.74) is 7.30. The summed E-state index contributed by atoms with van der Waals surface area (Å²) in [4.78, 5) is 0. The van der Waals surface area contributed by atoms with E-state index < -0.39 is 0 Å². The van der Waals surface area contributed by atoms with Crippen molar-refractivity contribution < 1.29 is 9.94 Å². The number of benzene rings is 1. The minimum Gasteiger partial charge on any atom is -0.490 e. The standard InChI is InChI=1S/C13H20N2O2/c1-8(2)10(4)17-12-6-5-9(3)7-11(12)13(14)15-16/h5-8,10,16H,1-4H3,(H2,14,15). The van der Waals surface area contributed by atoms with Crippen LogP contribution in [0.25, 0.3) is 0 Å². The molecule has 0 aliphatic heterocycles. The van der Waals surface area contributed by atoms with Crippen LogP contribution in [0.3, 0.4) is 0 Å². The molecule has 0 aliphatic rings. The third-order valence-corrected chi connectivity index (χ3v) is 2.77. The molecule has 4 nitrogen and oxygen atoms in total. The van der Waals surface area contributed by atoms with Gasteiger partial charge in [0.15, 0.2) is 5.84 Å². The highest BCUT2D eigenvalue weighted by Gasteiger charge is 2.14. The maximum Gasteiger partial charge on any atom is 0.173 e. The second-order valence-electron chi connectivity index (χ2n) is 4.55. The lowest BCUT2D eigenvalue weighted by molar-refractivity contribution is 0.170. The van der Waals surface area contributed by atoms with Crippen LogP contribution in [0.5, 0.6) is 5.75 Å². The quantitative estimate of drug-likeness (QED) is 0.365. The Labute approximate surface area is 102 Å². The molecule has 4 heteroatoms. The monoisotopic (exact) mass is 236 g/mol. The number of amidine groups is 1. The Morgan fingerprint density at radius 3 is 2.53 bits per heavy atom. The molecule has 1 atom stereocenters. The van der Waals surface area contributed by atoms with Crippen LogP contribution in [0.15, 0.2) is 23.4 Å². The van der Waals surface area contributed by atoms with Gasteiger partial charge in [0.2, 0.25) is 0 Å². The van der Waals surface area contributed by atoms with Gasteiger partial charge in [0.25, 0.3) is 0 Å². The molecule has 0 radical (unpaired) electrons. The lowest BCUT2D eigenvalue weighted by Gasteiger charge is -2.20. The molecule has 0 saturated carbocycles. The summed E-state index contributed by atoms with van der Waals surface area (Å²) >= 11 is 0. The summed E-state index contributed by atoms with van der Waals surface area (Å²) in [6.07, 6.45) is 0.0722. The van der Waals surface area contributed by atoms with Crippen molar-refractivity contribution in [2.75, 3.05) is 0 Å². The number of hydrogen-bond acceptors (Lipinski definition) is 3. The highest BCUT2D eigenvalue weighted by Crippen LogP contribution is 2.22. The number of nitrogens with two attached hydrogens (primary N) is 1. The molecule has 0 heterocycles. The summed E-state index contributed by atoms with van der Waals surface area (Å²) in [6, 6.07) is 5.63. The zero-order valence-electron chi connectivity index (χ0n) is 10.8. The Hall–Kier alpha value is -1.71. The maximum absolute atomic E-state index is 8.75. The normalized spacial score (nSPS) is 13.8. The maximum atomic E-state index is 8.75. The first-order valence-electron chi connectivity index (χ1n) is 5.71. The number of nitrogens with zero attached hydrogens (tertiary/aromatic N) is 1. The number of hydrogen-bond donors (Lipinski definition) is 2. The molecule has 17 heavy (non-hydrogen) atoms. The fraction of sp³-hybridized carbons (Fsp3) is 0.462. The van der Waals surface area contributed by atoms with E-state index in [1.165, 1.54) is 0 Å². The van der Waals surface area contributed by atoms with E-state index in [0.29, 0.717) is 17.2 Å². The predicted octanol–water partition coefficient (Wildman–Crippen LogP) is 2.51. The molecule has 1 rings (SSSR count). The van der Waals surface area contributed by atoms with Crippen molar-refractivity contribution in [3.8, 4) is 5.75 Å². The molecule has 1 aromatic carbocycles. The third kappa shape index (κ3) is 3.37. The third-order valence-electron chi connectivity index (χ3n) is 2.77. The van der Waals surface area contributed by atoms with Crippen molar-refractivity contribution in [3.05, 3.63) is 29.3 Å². The van der Waals surface area contributed by atoms with Gasteiger partial charge in [-0.1, -0.05) is 30.6 Å². The minimum absolute atomic E-state index is 0.0691. The van der Waals surface area contributed by atoms with Crippen LogP contribution in [0, 0.1) is 12.8 Å². The average Bonchev–Trinajstić information content (AvgIpc) is 2.30. The first-order chi connectivity index (χ1) is 7.95. The van der Waals surface area contributed by atoms with Crippen LogP contribution in [-0.4, -0.2) is 17.1 Å². The van der Waals surface area contributed by atoms with E-state index in [4.69, 9.17) is 15.7 Å². The van der Waals surface area contributed by atoms with Crippen LogP contribution in [0.2, 0.25) is 0 Å². The summed E-state index contributed by atoms with van der Waals surface area (Å²) in [6.45, 7) is 8.12. The van der Waals surface area contributed by atoms with Gasteiger partial charge < -0.3 is 15.7 Å². The van der Waals surface area contributed by atoms with Crippen molar-refractivity contribution in [1.29, 1.82) is 0 Å². The smallest absolute Gasteiger partial charge is 0.173 e. The summed E-state index contributed by atoms with van der Waals surface area (Å²) in [5, 5.41) is 11.8. The first-order valence-corrected chi connectivity index (χ1v) is 5.71. The molecule has 0 amide bonds. The number of ether oxygens (including phenoxy) is 1. The molecule has 94 valence electrons. The Kier molecular flexibility index (Phi) is 4.37. The van der Waals surface area contributed by atoms with E-state index in [1.54, 1.807) is 0 Å². The van der Waals surface area contributed by atoms with Gasteiger partial charge >= 0.3 is 0 Å². The van der Waals surface area contributed by atoms with E-state index in [1.807, 2.05) is 32.0 Å². The number of oxime groups is 1. The Morgan fingerprint density at radius 1 is 1.35 bits per heavy atom. The topological polar surface area (TPSA) is 67.8 Å². The molecule has 0 aliphatic carbocycles. The number of aryl methyl sites for hydroxylation is 1. The van der Waals surface area contributed by atoms with Crippen LogP contribution in [-0.2, 0) is 0 Å². The van der Waals surface area contributed by atoms with Gasteiger partial charge in [-0.2, -0.15) is 0 Å². The van der Waals surface area contributed by atoms with Crippen LogP contribution >= 0.6 is 0 Å². The largest absolute Gasteiger partial charge is 0.490 e. The lowest BCUT2D eigenvalue weighted by Crippen LogP contribution is -2.22. The van der Waals surface area contributed by atoms with Crippen LogP contribution in [0.4, 0.5) is 0 Å². The fourth-order valence-electron chi connectivity index (χ4n) is 1.34. The highest BCUT2D eigenvalue weighted by atomic mass is 16.5. The van der Waals surface area contributed by atoms with E-state index in [-0.39, 0.29) is 11.9 Å². The second-order valence-corrected chi connectivity index (χ2v) is 4.55. The molecular weight excluding hydrogens is 216 g/mol. The Balaban J connectivity index is 3.07. The Bertz CT molecular complexity index is 414. The van der Waals surface area contributed by atoms with Gasteiger partial charge in [0.05, 0.1) is 11.7 Å². The minimum atomic E-state index is 0.0691. The summed E-state index contributed by atoms with van der Waals surface area (Å²) < 4.78 is 5.81. The van der Waals surface area contributed by atoms with E-state index in [9.17, 15) is 0 Å². The van der Waals surface area contributed by atoms with Crippen molar-refractivity contribution >= 4 is 5.84 Å². The van der Waals surface area contributed by atoms with Crippen molar-refractivity contribution in [1.82, 2.24) is 0 Å². The van der Waals surface area contributed by atoms with Crippen molar-refractivity contribution in [2.24, 2.45) is 16.8 Å². The van der Waals surface area contributed by atoms with Gasteiger partial charge in [-0.25, -0.2) is 0 Å². The molecule has 1 unspecified atom stereocenters. The van der Waals surface area contributed by atoms with Crippen molar-refractivity contribution in [2.45, 2.75) is 33.8 Å². The second kappa shape index (κ2) is 5.57. The number of rotatable bonds is 4. The van der Waals surface area contributed by atoms with E-state index in [0.717, 1.165) is 5.56 Å². The van der Waals surface area contributed by atoms with Gasteiger partial charge in [-0.3, -0.25) is 0 Å². The van der Waals surface area contributed by atoms with Gasteiger partial charge in [0, 0.05) is 0 Å². The average molecular weight is 236 g/mol. The first kappa shape index (κ1) is 13.4. The lowest BCUT2D eigenvalue weighted by atomic mass is 10.1. The highest BCUT2D eigenvalue weighted by molar-refractivity contribution is 5.99. The molecule has 0 aromatic heterocycles. The van der Waals surface area contributed by atoms with Crippen molar-refractivity contribution in [3.63, 3.8) is 0 Å². The molecular formula is C13H20N2O2. The molecule has 0 fully saturated rings. The zero-order chi connectivity index (χ0) is 13.0. The van der Waals surface area contributed by atoms with Gasteiger partial charge in [0.1, 0.15) is 5.75 Å². The molecule has 0 spiro atoms. The summed E-state index contributed by atoms with van der Waals surface area (Å²) in [7, 11) is 0. The van der Waals surface area contributed by atoms with Gasteiger partial charge in [-0.15, -0.1) is 0 Å². The molecule has 3 N–H and O–H groups in total. The van der Waals surface area contributed by atoms with Crippen LogP contribution < -0.4 is 10.5 Å². The Morgan fingerprint density at radius 2 is 2.00 bits per heavy atom.